The number of aromatic hydroxyl groups is 5. The average molecular weight is 1380 g/mol. The summed E-state index contributed by atoms with van der Waals surface area (Å²) in [6, 6.07) is 54.3. The Bertz CT molecular complexity index is 4900. The number of benzene rings is 5. The number of aryl methyl sites for hydroxylation is 1. The minimum atomic E-state index is -0.753. The van der Waals surface area contributed by atoms with Gasteiger partial charge >= 0.3 is 0 Å². The third kappa shape index (κ3) is 21.3. The Labute approximate surface area is 593 Å². The zero-order chi connectivity index (χ0) is 73.8. The van der Waals surface area contributed by atoms with Crippen molar-refractivity contribution in [1.82, 2.24) is 29.9 Å². The van der Waals surface area contributed by atoms with Gasteiger partial charge in [-0.2, -0.15) is 0 Å². The van der Waals surface area contributed by atoms with E-state index in [-0.39, 0.29) is 68.0 Å². The van der Waals surface area contributed by atoms with Gasteiger partial charge in [-0.05, 0) is 133 Å². The number of primary amides is 1. The van der Waals surface area contributed by atoms with E-state index >= 15 is 0 Å². The molecular formula is C84H93N7O11. The number of carbonyl (C=O) groups is 1. The summed E-state index contributed by atoms with van der Waals surface area (Å²) in [5.74, 6) is 0.722. The third-order valence-electron chi connectivity index (χ3n) is 17.3. The van der Waals surface area contributed by atoms with Crippen LogP contribution in [0.1, 0.15) is 131 Å². The number of hydrogen-bond donors (Lipinski definition) is 11. The molecule has 0 unspecified atom stereocenters. The summed E-state index contributed by atoms with van der Waals surface area (Å²) < 4.78 is 0. The van der Waals surface area contributed by atoms with E-state index < -0.39 is 11.5 Å². The lowest BCUT2D eigenvalue weighted by Crippen LogP contribution is -2.23. The maximum atomic E-state index is 12.4. The molecule has 6 aromatic heterocycles. The van der Waals surface area contributed by atoms with Crippen LogP contribution in [0.5, 0.6) is 28.7 Å². The summed E-state index contributed by atoms with van der Waals surface area (Å²) in [7, 11) is 0. The molecule has 0 spiro atoms. The van der Waals surface area contributed by atoms with Crippen molar-refractivity contribution in [3.8, 4) is 84.4 Å². The second-order valence-electron chi connectivity index (χ2n) is 27.9. The molecule has 0 atom stereocenters. The zero-order valence-electron chi connectivity index (χ0n) is 59.4. The number of aromatic amines is 5. The van der Waals surface area contributed by atoms with Crippen LogP contribution in [-0.4, -0.2) is 61.3 Å². The summed E-state index contributed by atoms with van der Waals surface area (Å²) in [6.07, 6.45) is 11.6. The van der Waals surface area contributed by atoms with Crippen LogP contribution in [0.2, 0.25) is 0 Å². The minimum absolute atomic E-state index is 0.00555. The van der Waals surface area contributed by atoms with Crippen molar-refractivity contribution < 1.29 is 30.3 Å². The largest absolute Gasteiger partial charge is 0.507 e. The van der Waals surface area contributed by atoms with Crippen molar-refractivity contribution in [3.63, 3.8) is 0 Å². The highest BCUT2D eigenvalue weighted by Gasteiger charge is 2.28. The molecular weight excluding hydrogens is 1280 g/mol. The number of nitrogens with two attached hydrogens (primary N) is 1. The van der Waals surface area contributed by atoms with E-state index in [4.69, 9.17) is 5.73 Å². The van der Waals surface area contributed by atoms with Gasteiger partial charge in [0, 0.05) is 71.5 Å². The van der Waals surface area contributed by atoms with Crippen molar-refractivity contribution in [2.24, 2.45) is 34.8 Å². The van der Waals surface area contributed by atoms with Crippen LogP contribution >= 0.6 is 0 Å². The van der Waals surface area contributed by atoms with Crippen molar-refractivity contribution in [2.75, 3.05) is 0 Å². The first-order valence-electron chi connectivity index (χ1n) is 34.4. The molecule has 0 aliphatic heterocycles. The predicted octanol–water partition coefficient (Wildman–Crippen LogP) is 15.5. The van der Waals surface area contributed by atoms with E-state index in [1.807, 2.05) is 136 Å². The predicted molar refractivity (Wildman–Crippen MR) is 406 cm³/mol. The van der Waals surface area contributed by atoms with Crippen molar-refractivity contribution >= 4 is 5.91 Å². The first-order chi connectivity index (χ1) is 48.6. The Balaban J connectivity index is 0.000000162. The lowest BCUT2D eigenvalue weighted by atomic mass is 9.72. The van der Waals surface area contributed by atoms with E-state index in [0.717, 1.165) is 64.2 Å². The van der Waals surface area contributed by atoms with Crippen molar-refractivity contribution in [1.29, 1.82) is 0 Å². The maximum Gasteiger partial charge on any atom is 0.259 e. The molecule has 18 nitrogen and oxygen atoms in total. The molecule has 6 heterocycles. The number of amides is 1. The maximum absolute atomic E-state index is 12.4. The van der Waals surface area contributed by atoms with Crippen LogP contribution in [0, 0.1) is 36.0 Å². The molecule has 11 aromatic rings. The molecule has 1 saturated carbocycles. The van der Waals surface area contributed by atoms with Gasteiger partial charge in [-0.15, -0.1) is 0 Å². The van der Waals surface area contributed by atoms with Gasteiger partial charge in [0.2, 0.25) is 0 Å². The topological polar surface area (TPSA) is 321 Å². The molecule has 1 fully saturated rings. The van der Waals surface area contributed by atoms with Crippen molar-refractivity contribution in [3.05, 3.63) is 291 Å². The molecule has 5 aromatic carbocycles. The summed E-state index contributed by atoms with van der Waals surface area (Å²) >= 11 is 0. The van der Waals surface area contributed by atoms with Crippen LogP contribution in [-0.2, 0) is 32.1 Å². The first kappa shape index (κ1) is 76.2. The van der Waals surface area contributed by atoms with Crippen LogP contribution in [0.4, 0.5) is 0 Å². The Kier molecular flexibility index (Phi) is 26.5. The minimum Gasteiger partial charge on any atom is -0.507 e. The molecule has 530 valence electrons. The van der Waals surface area contributed by atoms with Gasteiger partial charge in [-0.25, -0.2) is 0 Å². The number of H-pyrrole nitrogens is 5. The number of rotatable bonds is 16. The highest BCUT2D eigenvalue weighted by atomic mass is 16.3. The molecule has 102 heavy (non-hydrogen) atoms. The van der Waals surface area contributed by atoms with Crippen LogP contribution in [0.25, 0.3) is 55.6 Å². The number of hydrogen-bond acceptors (Lipinski definition) is 12. The number of pyridine rings is 6. The molecule has 18 heteroatoms. The summed E-state index contributed by atoms with van der Waals surface area (Å²) in [6.45, 7) is 18.8. The smallest absolute Gasteiger partial charge is 0.259 e. The van der Waals surface area contributed by atoms with Gasteiger partial charge in [-0.1, -0.05) is 207 Å². The van der Waals surface area contributed by atoms with Gasteiger partial charge in [0.25, 0.3) is 33.7 Å². The summed E-state index contributed by atoms with van der Waals surface area (Å²) in [5.41, 5.74) is 14.8. The average Bonchev–Trinajstić information content (AvgIpc) is 0.794. The standard InChI is InChI=1S/C20H25NO2.C17H14N2O2.C16H18N2O3.C16H19NO2.C15H17NO2/c1-20(2)10-8-14(9-11-20)12-16-13-17(22)18(19(23)21-16)15-6-4-3-5-7-15;20-15-11-14(10-12-6-8-18-9-7-12)19-17(21)16(15)13-4-2-1-3-5-13;1-9(2)8-11-13(15(17)20)14(19)12(16(21)18-11)10-6-4-3-5-7-10;1-10(2)7-13-9-14(18)15(16(19)17-13)12-6-4-5-11(3)8-12;1-10(2)8-12-9-13(17)14(15(18)16-12)11-6-4-3-5-7-11/h3-7,13-14H,8-12H2,1-2H3,(H2,21,22,23);1-9,11H,10H2,(H2,19,20,21);3-7,9H,8H2,1-2H3,(H2,17,20)(H2,18,19,21);4-6,8-10H,7H2,1-3H3,(H2,17,18,19);3-7,9-10H,8H2,1-2H3,(H2,16,17,18). The normalized spacial score (nSPS) is 12.4. The Hall–Kier alpha value is -11.5. The van der Waals surface area contributed by atoms with Gasteiger partial charge in [0.15, 0.2) is 0 Å². The van der Waals surface area contributed by atoms with Gasteiger partial charge in [0.1, 0.15) is 34.3 Å². The van der Waals surface area contributed by atoms with Gasteiger partial charge < -0.3 is 56.2 Å². The third-order valence-corrected chi connectivity index (χ3v) is 17.3. The lowest BCUT2D eigenvalue weighted by Gasteiger charge is -2.34. The fourth-order valence-corrected chi connectivity index (χ4v) is 12.5. The fraction of sp³-hybridized carbons (Fsp3) is 0.274. The fourth-order valence-electron chi connectivity index (χ4n) is 12.5. The number of carbonyl (C=O) groups excluding carboxylic acids is 1. The highest BCUT2D eigenvalue weighted by molar-refractivity contribution is 5.99. The van der Waals surface area contributed by atoms with E-state index in [2.05, 4.69) is 71.4 Å². The van der Waals surface area contributed by atoms with E-state index in [0.29, 0.717) is 80.8 Å². The SMILES string of the molecule is CC(C)Cc1[nH]c(=O)c(-c2ccccc2)c(O)c1C(N)=O.CC(C)Cc1cc(O)c(-c2ccccc2)c(=O)[nH]1.CC1(C)CCC(Cc2cc(O)c(-c3ccccc3)c(=O)[nH]2)CC1.Cc1cccc(-c2c(O)cc(CC(C)C)[nH]c2=O)c1.O=c1[nH]c(Cc2ccncc2)cc(O)c1-c1ccccc1. The molecule has 0 bridgehead atoms. The molecule has 12 rings (SSSR count). The van der Waals surface area contributed by atoms with Gasteiger partial charge in [-0.3, -0.25) is 33.8 Å². The lowest BCUT2D eigenvalue weighted by molar-refractivity contribution is 0.0996. The molecule has 1 amide bonds. The second kappa shape index (κ2) is 35.5. The first-order valence-corrected chi connectivity index (χ1v) is 34.4. The highest BCUT2D eigenvalue weighted by Crippen LogP contribution is 2.40. The Morgan fingerprint density at radius 2 is 0.804 bits per heavy atom. The summed E-state index contributed by atoms with van der Waals surface area (Å²) in [4.78, 5) is 90.8. The molecule has 1 aliphatic carbocycles. The van der Waals surface area contributed by atoms with E-state index in [1.54, 1.807) is 79.1 Å². The molecule has 1 aliphatic rings. The zero-order valence-corrected chi connectivity index (χ0v) is 59.4. The number of nitrogens with zero attached hydrogens (tertiary/aromatic N) is 1. The van der Waals surface area contributed by atoms with E-state index in [9.17, 15) is 54.3 Å². The van der Waals surface area contributed by atoms with E-state index in [1.165, 1.54) is 25.7 Å². The second-order valence-corrected chi connectivity index (χ2v) is 27.9. The Morgan fingerprint density at radius 1 is 0.451 bits per heavy atom. The number of nitrogens with one attached hydrogen (secondary N) is 5. The molecule has 12 N–H and O–H groups in total. The van der Waals surface area contributed by atoms with Crippen LogP contribution < -0.4 is 33.5 Å². The molecule has 0 saturated heterocycles. The van der Waals surface area contributed by atoms with Gasteiger partial charge in [0.05, 0.1) is 27.8 Å². The summed E-state index contributed by atoms with van der Waals surface area (Å²) in [5, 5.41) is 51.0. The van der Waals surface area contributed by atoms with Crippen molar-refractivity contribution in [2.45, 2.75) is 120 Å². The quantitative estimate of drug-likeness (QED) is 0.0430. The Morgan fingerprint density at radius 3 is 1.20 bits per heavy atom. The van der Waals surface area contributed by atoms with Crippen LogP contribution in [0.3, 0.4) is 0 Å². The van der Waals surface area contributed by atoms with Crippen LogP contribution in [0.15, 0.2) is 218 Å². The number of aromatic nitrogens is 6. The monoisotopic (exact) mass is 1380 g/mol. The molecule has 0 radical (unpaired) electrons.